The molecule has 1 N–H and O–H groups in total. The Kier molecular flexibility index (Phi) is 9.50. The highest BCUT2D eigenvalue weighted by atomic mass is 16.5. The molecule has 0 heterocycles. The fourth-order valence-electron chi connectivity index (χ4n) is 5.16. The molecule has 0 radical (unpaired) electrons. The minimum absolute atomic E-state index is 0.0660. The van der Waals surface area contributed by atoms with Crippen molar-refractivity contribution in [3.8, 4) is 11.1 Å². The van der Waals surface area contributed by atoms with Crippen LogP contribution in [0.1, 0.15) is 81.2 Å². The van der Waals surface area contributed by atoms with Gasteiger partial charge in [-0.3, -0.25) is 4.79 Å². The first-order valence-electron chi connectivity index (χ1n) is 13.5. The summed E-state index contributed by atoms with van der Waals surface area (Å²) in [5.74, 6) is -0.227. The average molecular weight is 499 g/mol. The van der Waals surface area contributed by atoms with Crippen molar-refractivity contribution in [1.82, 2.24) is 0 Å². The lowest BCUT2D eigenvalue weighted by atomic mass is 9.70. The van der Waals surface area contributed by atoms with E-state index in [1.54, 1.807) is 0 Å². The molecule has 0 saturated carbocycles. The molecule has 3 heteroatoms. The number of carbonyl (C=O) groups excluding carboxylic acids is 1. The molecule has 0 aliphatic carbocycles. The highest BCUT2D eigenvalue weighted by Crippen LogP contribution is 2.40. The third kappa shape index (κ3) is 6.40. The summed E-state index contributed by atoms with van der Waals surface area (Å²) in [6, 6.07) is 23.8. The van der Waals surface area contributed by atoms with Crippen molar-refractivity contribution in [2.24, 2.45) is 0 Å². The zero-order valence-electron chi connectivity index (χ0n) is 23.3. The fraction of sp³-hybridized carbons (Fsp3) is 0.382. The Morgan fingerprint density at radius 2 is 1.35 bits per heavy atom. The number of methoxy groups -OCH3 is 1. The van der Waals surface area contributed by atoms with Crippen molar-refractivity contribution in [2.75, 3.05) is 7.11 Å². The second kappa shape index (κ2) is 12.4. The van der Waals surface area contributed by atoms with Crippen LogP contribution in [0, 0.1) is 6.92 Å². The van der Waals surface area contributed by atoms with Crippen LogP contribution in [0.15, 0.2) is 72.8 Å². The van der Waals surface area contributed by atoms with Gasteiger partial charge >= 0.3 is 5.97 Å². The SMILES string of the molecule is CCC(O)(/C=C/c1ccc(C(CC)(CC)c2ccc(-c3ccc(CC(=O)OC)cc3)cc2)cc1C)CC. The number of benzene rings is 3. The topological polar surface area (TPSA) is 46.5 Å². The number of aryl methyl sites for hydroxylation is 1. The number of hydrogen-bond donors (Lipinski definition) is 1. The molecule has 0 aliphatic heterocycles. The summed E-state index contributed by atoms with van der Waals surface area (Å²) in [7, 11) is 1.41. The van der Waals surface area contributed by atoms with Gasteiger partial charge in [-0.2, -0.15) is 0 Å². The summed E-state index contributed by atoms with van der Waals surface area (Å²) in [4.78, 5) is 11.5. The van der Waals surface area contributed by atoms with Crippen LogP contribution < -0.4 is 0 Å². The van der Waals surface area contributed by atoms with Crippen molar-refractivity contribution >= 4 is 12.0 Å². The first-order chi connectivity index (χ1) is 17.7. The van der Waals surface area contributed by atoms with Crippen LogP contribution in [0.5, 0.6) is 0 Å². The zero-order valence-corrected chi connectivity index (χ0v) is 23.3. The van der Waals surface area contributed by atoms with Gasteiger partial charge in [0.1, 0.15) is 0 Å². The first kappa shape index (κ1) is 28.4. The smallest absolute Gasteiger partial charge is 0.309 e. The van der Waals surface area contributed by atoms with Gasteiger partial charge in [0.2, 0.25) is 0 Å². The van der Waals surface area contributed by atoms with Crippen molar-refractivity contribution in [1.29, 1.82) is 0 Å². The van der Waals surface area contributed by atoms with E-state index >= 15 is 0 Å². The Bertz CT molecular complexity index is 1190. The molecule has 3 aromatic carbocycles. The fourth-order valence-corrected chi connectivity index (χ4v) is 5.16. The quantitative estimate of drug-likeness (QED) is 0.272. The minimum Gasteiger partial charge on any atom is -0.469 e. The molecular formula is C34H42O3. The maximum atomic E-state index is 11.5. The van der Waals surface area contributed by atoms with Crippen LogP contribution in [0.4, 0.5) is 0 Å². The molecule has 0 aromatic heterocycles. The highest BCUT2D eigenvalue weighted by Gasteiger charge is 2.31. The van der Waals surface area contributed by atoms with Crippen molar-refractivity contribution < 1.29 is 14.6 Å². The van der Waals surface area contributed by atoms with E-state index in [1.165, 1.54) is 23.8 Å². The molecule has 37 heavy (non-hydrogen) atoms. The summed E-state index contributed by atoms with van der Waals surface area (Å²) >= 11 is 0. The third-order valence-corrected chi connectivity index (χ3v) is 8.13. The van der Waals surface area contributed by atoms with E-state index in [1.807, 2.05) is 32.1 Å². The van der Waals surface area contributed by atoms with Crippen LogP contribution in [0.25, 0.3) is 17.2 Å². The van der Waals surface area contributed by atoms with E-state index in [9.17, 15) is 9.90 Å². The highest BCUT2D eigenvalue weighted by molar-refractivity contribution is 5.73. The Hall–Kier alpha value is -3.17. The normalized spacial score (nSPS) is 12.2. The van der Waals surface area contributed by atoms with Gasteiger partial charge in [0.25, 0.3) is 0 Å². The maximum Gasteiger partial charge on any atom is 0.309 e. The van der Waals surface area contributed by atoms with Gasteiger partial charge < -0.3 is 9.84 Å². The Labute approximate surface area is 223 Å². The lowest BCUT2D eigenvalue weighted by Gasteiger charge is -2.34. The Balaban J connectivity index is 1.89. The summed E-state index contributed by atoms with van der Waals surface area (Å²) in [6.45, 7) is 10.7. The summed E-state index contributed by atoms with van der Waals surface area (Å²) in [5.41, 5.74) is 7.44. The molecule has 0 atom stereocenters. The third-order valence-electron chi connectivity index (χ3n) is 8.13. The van der Waals surface area contributed by atoms with Crippen LogP contribution in [-0.4, -0.2) is 23.8 Å². The number of aliphatic hydroxyl groups is 1. The van der Waals surface area contributed by atoms with E-state index in [0.29, 0.717) is 12.8 Å². The molecule has 3 aromatic rings. The summed E-state index contributed by atoms with van der Waals surface area (Å²) in [5, 5.41) is 10.6. The van der Waals surface area contributed by atoms with Crippen LogP contribution in [-0.2, 0) is 21.4 Å². The predicted molar refractivity (Wildman–Crippen MR) is 155 cm³/mol. The van der Waals surface area contributed by atoms with Crippen LogP contribution in [0.2, 0.25) is 0 Å². The molecule has 3 rings (SSSR count). The maximum absolute atomic E-state index is 11.5. The number of rotatable bonds is 11. The number of hydrogen-bond acceptors (Lipinski definition) is 3. The van der Waals surface area contributed by atoms with Gasteiger partial charge in [-0.05, 0) is 71.6 Å². The van der Waals surface area contributed by atoms with E-state index < -0.39 is 5.60 Å². The molecule has 196 valence electrons. The molecular weight excluding hydrogens is 456 g/mol. The van der Waals surface area contributed by atoms with Gasteiger partial charge in [0.15, 0.2) is 0 Å². The molecule has 0 fully saturated rings. The van der Waals surface area contributed by atoms with E-state index in [2.05, 4.69) is 81.4 Å². The Morgan fingerprint density at radius 3 is 1.84 bits per heavy atom. The van der Waals surface area contributed by atoms with Gasteiger partial charge in [-0.25, -0.2) is 0 Å². The minimum atomic E-state index is -0.745. The van der Waals surface area contributed by atoms with Gasteiger partial charge in [0, 0.05) is 5.41 Å². The number of ether oxygens (including phenoxy) is 1. The van der Waals surface area contributed by atoms with E-state index in [4.69, 9.17) is 4.74 Å². The molecule has 0 spiro atoms. The van der Waals surface area contributed by atoms with Crippen molar-refractivity contribution in [2.45, 2.75) is 77.7 Å². The van der Waals surface area contributed by atoms with Gasteiger partial charge in [0.05, 0.1) is 19.1 Å². The zero-order chi connectivity index (χ0) is 27.1. The molecule has 0 unspecified atom stereocenters. The van der Waals surface area contributed by atoms with Crippen LogP contribution >= 0.6 is 0 Å². The monoisotopic (exact) mass is 498 g/mol. The predicted octanol–water partition coefficient (Wildman–Crippen LogP) is 8.05. The van der Waals surface area contributed by atoms with Crippen molar-refractivity contribution in [3.63, 3.8) is 0 Å². The van der Waals surface area contributed by atoms with Gasteiger partial charge in [-0.15, -0.1) is 0 Å². The lowest BCUT2D eigenvalue weighted by molar-refractivity contribution is -0.139. The van der Waals surface area contributed by atoms with Crippen LogP contribution in [0.3, 0.4) is 0 Å². The first-order valence-corrected chi connectivity index (χ1v) is 13.5. The Morgan fingerprint density at radius 1 is 0.811 bits per heavy atom. The lowest BCUT2D eigenvalue weighted by Crippen LogP contribution is -2.26. The average Bonchev–Trinajstić information content (AvgIpc) is 2.94. The number of esters is 1. The molecule has 0 bridgehead atoms. The summed E-state index contributed by atoms with van der Waals surface area (Å²) < 4.78 is 4.77. The van der Waals surface area contributed by atoms with E-state index in [-0.39, 0.29) is 17.8 Å². The van der Waals surface area contributed by atoms with E-state index in [0.717, 1.165) is 35.1 Å². The van der Waals surface area contributed by atoms with Gasteiger partial charge in [-0.1, -0.05) is 107 Å². The largest absolute Gasteiger partial charge is 0.469 e. The summed E-state index contributed by atoms with van der Waals surface area (Å²) in [6.07, 6.45) is 7.73. The second-order valence-electron chi connectivity index (χ2n) is 10.0. The molecule has 3 nitrogen and oxygen atoms in total. The molecule has 0 saturated heterocycles. The second-order valence-corrected chi connectivity index (χ2v) is 10.0. The molecule has 0 amide bonds. The standard InChI is InChI=1S/C34H42O3/c1-7-33(36,8-2)22-21-27-15-20-31(23-25(27)5)34(9-3,10-4)30-18-16-29(17-19-30)28-13-11-26(12-14-28)24-32(35)37-6/h11-23,36H,7-10,24H2,1-6H3/b22-21+. The number of carbonyl (C=O) groups is 1. The van der Waals surface area contributed by atoms with Crippen molar-refractivity contribution in [3.05, 3.63) is 101 Å². The molecule has 0 aliphatic rings.